The van der Waals surface area contributed by atoms with Gasteiger partial charge in [-0.15, -0.1) is 0 Å². The van der Waals surface area contributed by atoms with Crippen molar-refractivity contribution in [3.8, 4) is 0 Å². The Balaban J connectivity index is 2.72. The van der Waals surface area contributed by atoms with E-state index in [1.807, 2.05) is 0 Å². The lowest BCUT2D eigenvalue weighted by Crippen LogP contribution is -2.47. The van der Waals surface area contributed by atoms with Gasteiger partial charge in [0.15, 0.2) is 0 Å². The molecular formula is C6H13NO3S2. The Morgan fingerprint density at radius 2 is 2.33 bits per heavy atom. The van der Waals surface area contributed by atoms with E-state index in [9.17, 15) is 8.42 Å². The number of hydrogen-bond acceptors (Lipinski definition) is 4. The number of hydrogen-bond donors (Lipinski definition) is 1. The molecule has 1 unspecified atom stereocenters. The summed E-state index contributed by atoms with van der Waals surface area (Å²) in [6.07, 6.45) is 1.19. The van der Waals surface area contributed by atoms with Crippen LogP contribution in [0.3, 0.4) is 0 Å². The molecule has 0 aromatic rings. The van der Waals surface area contributed by atoms with E-state index in [1.165, 1.54) is 10.6 Å². The lowest BCUT2D eigenvalue weighted by Gasteiger charge is -2.31. The molecule has 1 atom stereocenters. The zero-order chi connectivity index (χ0) is 9.19. The van der Waals surface area contributed by atoms with Crippen LogP contribution in [0.15, 0.2) is 0 Å². The predicted molar refractivity (Wildman–Crippen MR) is 49.7 cm³/mol. The maximum Gasteiger partial charge on any atom is 0.211 e. The minimum Gasteiger partial charge on any atom is -0.395 e. The summed E-state index contributed by atoms with van der Waals surface area (Å²) in [5.41, 5.74) is 0. The smallest absolute Gasteiger partial charge is 0.211 e. The molecule has 12 heavy (non-hydrogen) atoms. The molecule has 0 radical (unpaired) electrons. The molecule has 0 amide bonds. The van der Waals surface area contributed by atoms with Crippen LogP contribution < -0.4 is 0 Å². The largest absolute Gasteiger partial charge is 0.395 e. The molecule has 1 fully saturated rings. The Labute approximate surface area is 77.0 Å². The van der Waals surface area contributed by atoms with Gasteiger partial charge in [-0.2, -0.15) is 16.1 Å². The highest BCUT2D eigenvalue weighted by atomic mass is 32.2. The molecule has 0 saturated carbocycles. The summed E-state index contributed by atoms with van der Waals surface area (Å²) in [5, 5.41) is 8.91. The van der Waals surface area contributed by atoms with E-state index in [0.717, 1.165) is 5.75 Å². The van der Waals surface area contributed by atoms with E-state index in [0.29, 0.717) is 12.3 Å². The number of nitrogens with zero attached hydrogens (tertiary/aromatic N) is 1. The van der Waals surface area contributed by atoms with Crippen LogP contribution in [0.4, 0.5) is 0 Å². The monoisotopic (exact) mass is 211 g/mol. The van der Waals surface area contributed by atoms with E-state index >= 15 is 0 Å². The van der Waals surface area contributed by atoms with Crippen LogP contribution in [0, 0.1) is 0 Å². The van der Waals surface area contributed by atoms with Gasteiger partial charge in [0.05, 0.1) is 18.9 Å². The van der Waals surface area contributed by atoms with Gasteiger partial charge < -0.3 is 5.11 Å². The molecule has 0 aromatic carbocycles. The maximum absolute atomic E-state index is 11.2. The van der Waals surface area contributed by atoms with E-state index in [-0.39, 0.29) is 12.6 Å². The Morgan fingerprint density at radius 1 is 1.67 bits per heavy atom. The van der Waals surface area contributed by atoms with Crippen LogP contribution in [0.5, 0.6) is 0 Å². The van der Waals surface area contributed by atoms with E-state index in [4.69, 9.17) is 5.11 Å². The molecule has 0 spiro atoms. The maximum atomic E-state index is 11.2. The van der Waals surface area contributed by atoms with Gasteiger partial charge in [-0.3, -0.25) is 0 Å². The Kier molecular flexibility index (Phi) is 3.39. The fraction of sp³-hybridized carbons (Fsp3) is 1.00. The predicted octanol–water partition coefficient (Wildman–Crippen LogP) is -0.644. The van der Waals surface area contributed by atoms with Gasteiger partial charge in [-0.25, -0.2) is 8.42 Å². The van der Waals surface area contributed by atoms with Crippen molar-refractivity contribution < 1.29 is 13.5 Å². The van der Waals surface area contributed by atoms with Crippen molar-refractivity contribution in [2.24, 2.45) is 0 Å². The van der Waals surface area contributed by atoms with Gasteiger partial charge in [0.1, 0.15) is 0 Å². The molecule has 1 saturated heterocycles. The lowest BCUT2D eigenvalue weighted by atomic mass is 10.3. The van der Waals surface area contributed by atoms with Gasteiger partial charge in [0, 0.05) is 18.1 Å². The first-order valence-electron chi connectivity index (χ1n) is 3.71. The van der Waals surface area contributed by atoms with Crippen molar-refractivity contribution in [3.05, 3.63) is 0 Å². The molecular weight excluding hydrogens is 198 g/mol. The summed E-state index contributed by atoms with van der Waals surface area (Å²) in [4.78, 5) is 0. The lowest BCUT2D eigenvalue weighted by molar-refractivity contribution is 0.202. The van der Waals surface area contributed by atoms with Crippen molar-refractivity contribution in [1.29, 1.82) is 0 Å². The van der Waals surface area contributed by atoms with Crippen molar-refractivity contribution in [2.75, 3.05) is 30.9 Å². The number of aliphatic hydroxyl groups is 1. The normalized spacial score (nSPS) is 27.3. The minimum atomic E-state index is -3.13. The highest BCUT2D eigenvalue weighted by Gasteiger charge is 2.28. The fourth-order valence-corrected chi connectivity index (χ4v) is 3.59. The van der Waals surface area contributed by atoms with Crippen molar-refractivity contribution in [1.82, 2.24) is 4.31 Å². The van der Waals surface area contributed by atoms with Crippen LogP contribution in [-0.2, 0) is 10.0 Å². The second-order valence-electron chi connectivity index (χ2n) is 2.79. The van der Waals surface area contributed by atoms with E-state index in [1.54, 1.807) is 11.8 Å². The first-order valence-corrected chi connectivity index (χ1v) is 6.71. The van der Waals surface area contributed by atoms with Gasteiger partial charge in [-0.1, -0.05) is 0 Å². The molecule has 1 N–H and O–H groups in total. The zero-order valence-corrected chi connectivity index (χ0v) is 8.57. The van der Waals surface area contributed by atoms with Gasteiger partial charge >= 0.3 is 0 Å². The first-order chi connectivity index (χ1) is 5.55. The Hall–Kier alpha value is 0.220. The topological polar surface area (TPSA) is 57.6 Å². The van der Waals surface area contributed by atoms with Crippen molar-refractivity contribution in [3.63, 3.8) is 0 Å². The average molecular weight is 211 g/mol. The number of rotatable bonds is 2. The van der Waals surface area contributed by atoms with Crippen LogP contribution in [0.2, 0.25) is 0 Å². The fourth-order valence-electron chi connectivity index (χ4n) is 1.22. The highest BCUT2D eigenvalue weighted by Crippen LogP contribution is 2.18. The number of sulfonamides is 1. The van der Waals surface area contributed by atoms with Crippen LogP contribution >= 0.6 is 11.8 Å². The van der Waals surface area contributed by atoms with Crippen LogP contribution in [0.1, 0.15) is 0 Å². The van der Waals surface area contributed by atoms with Gasteiger partial charge in [0.25, 0.3) is 0 Å². The number of aliphatic hydroxyl groups excluding tert-OH is 1. The first kappa shape index (κ1) is 10.3. The van der Waals surface area contributed by atoms with Crippen LogP contribution in [-0.4, -0.2) is 54.8 Å². The number of thioether (sulfide) groups is 1. The highest BCUT2D eigenvalue weighted by molar-refractivity contribution is 7.99. The molecule has 0 aliphatic carbocycles. The van der Waals surface area contributed by atoms with E-state index in [2.05, 4.69) is 0 Å². The molecule has 1 rings (SSSR count). The third-order valence-corrected chi connectivity index (χ3v) is 4.23. The zero-order valence-electron chi connectivity index (χ0n) is 6.93. The molecule has 1 heterocycles. The molecule has 6 heteroatoms. The van der Waals surface area contributed by atoms with E-state index < -0.39 is 10.0 Å². The third kappa shape index (κ3) is 2.35. The summed E-state index contributed by atoms with van der Waals surface area (Å²) in [7, 11) is -3.13. The van der Waals surface area contributed by atoms with Gasteiger partial charge in [-0.05, 0) is 0 Å². The quantitative estimate of drug-likeness (QED) is 0.660. The summed E-state index contributed by atoms with van der Waals surface area (Å²) in [6, 6.07) is -0.223. The molecule has 72 valence electrons. The summed E-state index contributed by atoms with van der Waals surface area (Å²) in [6.45, 7) is 0.439. The molecule has 0 bridgehead atoms. The minimum absolute atomic E-state index is 0.0833. The van der Waals surface area contributed by atoms with Gasteiger partial charge in [0.2, 0.25) is 10.0 Å². The third-order valence-electron chi connectivity index (χ3n) is 1.81. The molecule has 0 aromatic heterocycles. The van der Waals surface area contributed by atoms with Crippen molar-refractivity contribution in [2.45, 2.75) is 6.04 Å². The second kappa shape index (κ2) is 3.95. The standard InChI is InChI=1S/C6H13NO3S2/c1-12(9,10)7-2-3-11-5-6(7)4-8/h6,8H,2-5H2,1H3. The molecule has 4 nitrogen and oxygen atoms in total. The summed E-state index contributed by atoms with van der Waals surface area (Å²) >= 11 is 1.68. The van der Waals surface area contributed by atoms with Crippen molar-refractivity contribution >= 4 is 21.8 Å². The second-order valence-corrected chi connectivity index (χ2v) is 5.87. The Morgan fingerprint density at radius 3 is 2.75 bits per heavy atom. The SMILES string of the molecule is CS(=O)(=O)N1CCSCC1CO. The molecule has 1 aliphatic heterocycles. The summed E-state index contributed by atoms with van der Waals surface area (Å²) in [5.74, 6) is 1.52. The summed E-state index contributed by atoms with van der Waals surface area (Å²) < 4.78 is 23.7. The average Bonchev–Trinajstić information content (AvgIpc) is 2.03. The Bertz CT molecular complexity index is 239. The molecule has 1 aliphatic rings. The van der Waals surface area contributed by atoms with Crippen LogP contribution in [0.25, 0.3) is 0 Å².